The molecule has 0 aliphatic rings. The minimum atomic E-state index is -0.381. The van der Waals surface area contributed by atoms with Crippen molar-refractivity contribution in [1.29, 1.82) is 0 Å². The third-order valence-corrected chi connectivity index (χ3v) is 4.04. The molecule has 3 rings (SSSR count). The maximum absolute atomic E-state index is 13.9. The molecule has 0 bridgehead atoms. The van der Waals surface area contributed by atoms with Crippen molar-refractivity contribution in [2.45, 2.75) is 26.3 Å². The highest BCUT2D eigenvalue weighted by molar-refractivity contribution is 6.00. The van der Waals surface area contributed by atoms with Crippen LogP contribution in [0.4, 0.5) is 4.39 Å². The van der Waals surface area contributed by atoms with Crippen LogP contribution in [0.25, 0.3) is 22.8 Å². The summed E-state index contributed by atoms with van der Waals surface area (Å²) in [4.78, 5) is 16.7. The largest absolute Gasteiger partial charge is 0.436 e. The Labute approximate surface area is 145 Å². The lowest BCUT2D eigenvalue weighted by molar-refractivity contribution is 0.0939. The van der Waals surface area contributed by atoms with Crippen molar-refractivity contribution < 1.29 is 13.6 Å². The second-order valence-corrected chi connectivity index (χ2v) is 5.84. The molecule has 0 saturated carbocycles. The van der Waals surface area contributed by atoms with E-state index in [4.69, 9.17) is 4.42 Å². The molecule has 2 aromatic carbocycles. The molecule has 1 aromatic heterocycles. The van der Waals surface area contributed by atoms with Crippen molar-refractivity contribution in [2.24, 2.45) is 0 Å². The average Bonchev–Trinajstić information content (AvgIpc) is 3.11. The number of amides is 1. The third kappa shape index (κ3) is 3.60. The SMILES string of the molecule is CCC(C)NC(=O)c1ccccc1-c1ncc(-c2ccccc2F)o1. The second-order valence-electron chi connectivity index (χ2n) is 5.84. The van der Waals surface area contributed by atoms with E-state index in [2.05, 4.69) is 10.3 Å². The van der Waals surface area contributed by atoms with Gasteiger partial charge in [-0.2, -0.15) is 0 Å². The van der Waals surface area contributed by atoms with E-state index in [1.54, 1.807) is 36.4 Å². The van der Waals surface area contributed by atoms with Gasteiger partial charge in [0.25, 0.3) is 5.91 Å². The molecule has 1 amide bonds. The predicted octanol–water partition coefficient (Wildman–Crippen LogP) is 4.68. The zero-order valence-electron chi connectivity index (χ0n) is 14.1. The number of benzene rings is 2. The standard InChI is InChI=1S/C20H19FN2O2/c1-3-13(2)23-19(24)14-8-4-5-9-15(14)20-22-12-18(25-20)16-10-6-7-11-17(16)21/h4-13H,3H2,1-2H3,(H,23,24). The first-order chi connectivity index (χ1) is 12.1. The molecule has 25 heavy (non-hydrogen) atoms. The first kappa shape index (κ1) is 16.9. The van der Waals surface area contributed by atoms with E-state index in [1.807, 2.05) is 19.9 Å². The Balaban J connectivity index is 1.96. The minimum Gasteiger partial charge on any atom is -0.436 e. The molecule has 0 fully saturated rings. The number of oxazole rings is 1. The monoisotopic (exact) mass is 338 g/mol. The van der Waals surface area contributed by atoms with Crippen LogP contribution in [0, 0.1) is 5.82 Å². The van der Waals surface area contributed by atoms with Crippen molar-refractivity contribution in [1.82, 2.24) is 10.3 Å². The van der Waals surface area contributed by atoms with Crippen molar-refractivity contribution in [2.75, 3.05) is 0 Å². The Bertz CT molecular complexity index is 889. The van der Waals surface area contributed by atoms with Gasteiger partial charge in [-0.05, 0) is 37.6 Å². The van der Waals surface area contributed by atoms with Crippen LogP contribution >= 0.6 is 0 Å². The highest BCUT2D eigenvalue weighted by atomic mass is 19.1. The molecular weight excluding hydrogens is 319 g/mol. The Morgan fingerprint density at radius 2 is 1.84 bits per heavy atom. The molecule has 4 nitrogen and oxygen atoms in total. The average molecular weight is 338 g/mol. The highest BCUT2D eigenvalue weighted by Crippen LogP contribution is 2.29. The second kappa shape index (κ2) is 7.30. The lowest BCUT2D eigenvalue weighted by atomic mass is 10.1. The summed E-state index contributed by atoms with van der Waals surface area (Å²) in [5, 5.41) is 2.94. The zero-order chi connectivity index (χ0) is 17.8. The molecule has 0 aliphatic heterocycles. The molecule has 0 radical (unpaired) electrons. The van der Waals surface area contributed by atoms with Crippen molar-refractivity contribution >= 4 is 5.91 Å². The molecule has 5 heteroatoms. The topological polar surface area (TPSA) is 55.1 Å². The summed E-state index contributed by atoms with van der Waals surface area (Å²) < 4.78 is 19.7. The first-order valence-electron chi connectivity index (χ1n) is 8.21. The number of nitrogens with one attached hydrogen (secondary N) is 1. The first-order valence-corrected chi connectivity index (χ1v) is 8.21. The Morgan fingerprint density at radius 3 is 2.56 bits per heavy atom. The summed E-state index contributed by atoms with van der Waals surface area (Å²) in [5.41, 5.74) is 1.39. The van der Waals surface area contributed by atoms with Gasteiger partial charge in [-0.1, -0.05) is 31.2 Å². The van der Waals surface area contributed by atoms with Gasteiger partial charge in [0.1, 0.15) is 5.82 Å². The van der Waals surface area contributed by atoms with Crippen LogP contribution < -0.4 is 5.32 Å². The van der Waals surface area contributed by atoms with Gasteiger partial charge < -0.3 is 9.73 Å². The van der Waals surface area contributed by atoms with Crippen LogP contribution in [-0.2, 0) is 0 Å². The molecule has 1 atom stereocenters. The summed E-state index contributed by atoms with van der Waals surface area (Å²) >= 11 is 0. The van der Waals surface area contributed by atoms with Gasteiger partial charge in [0, 0.05) is 11.6 Å². The quantitative estimate of drug-likeness (QED) is 0.735. The fourth-order valence-corrected chi connectivity index (χ4v) is 2.46. The van der Waals surface area contributed by atoms with Crippen LogP contribution in [0.3, 0.4) is 0 Å². The van der Waals surface area contributed by atoms with Gasteiger partial charge in [-0.25, -0.2) is 9.37 Å². The summed E-state index contributed by atoms with van der Waals surface area (Å²) in [6.45, 7) is 3.95. The van der Waals surface area contributed by atoms with E-state index in [1.165, 1.54) is 12.3 Å². The number of hydrogen-bond donors (Lipinski definition) is 1. The molecule has 0 saturated heterocycles. The Morgan fingerprint density at radius 1 is 1.16 bits per heavy atom. The maximum atomic E-state index is 13.9. The van der Waals surface area contributed by atoms with Gasteiger partial charge >= 0.3 is 0 Å². The fraction of sp³-hybridized carbons (Fsp3) is 0.200. The smallest absolute Gasteiger partial charge is 0.252 e. The fourth-order valence-electron chi connectivity index (χ4n) is 2.46. The molecule has 1 unspecified atom stereocenters. The summed E-state index contributed by atoms with van der Waals surface area (Å²) in [5.74, 6) is 0.0435. The highest BCUT2D eigenvalue weighted by Gasteiger charge is 2.18. The van der Waals surface area contributed by atoms with Crippen LogP contribution in [0.15, 0.2) is 59.1 Å². The minimum absolute atomic E-state index is 0.0686. The Kier molecular flexibility index (Phi) is 4.93. The molecule has 0 aliphatic carbocycles. The zero-order valence-corrected chi connectivity index (χ0v) is 14.1. The van der Waals surface area contributed by atoms with Crippen LogP contribution in [0.2, 0.25) is 0 Å². The Hall–Kier alpha value is -2.95. The third-order valence-electron chi connectivity index (χ3n) is 4.04. The summed E-state index contributed by atoms with van der Waals surface area (Å²) in [7, 11) is 0. The van der Waals surface area contributed by atoms with Crippen LogP contribution in [0.1, 0.15) is 30.6 Å². The molecule has 0 spiro atoms. The van der Waals surface area contributed by atoms with E-state index in [0.29, 0.717) is 22.5 Å². The normalized spacial score (nSPS) is 12.0. The van der Waals surface area contributed by atoms with Crippen molar-refractivity contribution in [3.05, 3.63) is 66.1 Å². The lowest BCUT2D eigenvalue weighted by Gasteiger charge is -2.12. The number of nitrogens with zero attached hydrogens (tertiary/aromatic N) is 1. The van der Waals surface area contributed by atoms with Crippen LogP contribution in [-0.4, -0.2) is 16.9 Å². The van der Waals surface area contributed by atoms with E-state index < -0.39 is 0 Å². The van der Waals surface area contributed by atoms with E-state index in [0.717, 1.165) is 6.42 Å². The number of hydrogen-bond acceptors (Lipinski definition) is 3. The van der Waals surface area contributed by atoms with Crippen LogP contribution in [0.5, 0.6) is 0 Å². The number of rotatable bonds is 5. The molecule has 1 heterocycles. The molecular formula is C20H19FN2O2. The summed E-state index contributed by atoms with van der Waals surface area (Å²) in [6.07, 6.45) is 2.31. The molecule has 1 N–H and O–H groups in total. The number of carbonyl (C=O) groups excluding carboxylic acids is 1. The van der Waals surface area contributed by atoms with Crippen molar-refractivity contribution in [3.63, 3.8) is 0 Å². The number of carbonyl (C=O) groups is 1. The molecule has 128 valence electrons. The lowest BCUT2D eigenvalue weighted by Crippen LogP contribution is -2.32. The molecule has 3 aromatic rings. The van der Waals surface area contributed by atoms with E-state index in [9.17, 15) is 9.18 Å². The van der Waals surface area contributed by atoms with Gasteiger partial charge in [0.15, 0.2) is 5.76 Å². The van der Waals surface area contributed by atoms with E-state index in [-0.39, 0.29) is 23.7 Å². The predicted molar refractivity (Wildman–Crippen MR) is 94.6 cm³/mol. The van der Waals surface area contributed by atoms with Gasteiger partial charge in [0.05, 0.1) is 17.3 Å². The summed E-state index contributed by atoms with van der Waals surface area (Å²) in [6, 6.07) is 13.5. The number of aromatic nitrogens is 1. The number of halogens is 1. The maximum Gasteiger partial charge on any atom is 0.252 e. The van der Waals surface area contributed by atoms with Crippen molar-refractivity contribution in [3.8, 4) is 22.8 Å². The van der Waals surface area contributed by atoms with Gasteiger partial charge in [0.2, 0.25) is 5.89 Å². The van der Waals surface area contributed by atoms with E-state index >= 15 is 0 Å². The van der Waals surface area contributed by atoms with Gasteiger partial charge in [-0.3, -0.25) is 4.79 Å². The van der Waals surface area contributed by atoms with Gasteiger partial charge in [-0.15, -0.1) is 0 Å².